The van der Waals surface area contributed by atoms with E-state index in [0.717, 1.165) is 32.6 Å². The van der Waals surface area contributed by atoms with Crippen LogP contribution in [0.1, 0.15) is 20.3 Å². The molecule has 0 atom stereocenters. The van der Waals surface area contributed by atoms with Crippen LogP contribution in [0.2, 0.25) is 0 Å². The number of rotatable bonds is 9. The lowest BCUT2D eigenvalue weighted by Crippen LogP contribution is -2.35. The summed E-state index contributed by atoms with van der Waals surface area (Å²) >= 11 is 0. The Bertz CT molecular complexity index is 242. The Kier molecular flexibility index (Phi) is 7.95. The second kappa shape index (κ2) is 8.04. The molecule has 5 nitrogen and oxygen atoms in total. The maximum Gasteiger partial charge on any atom is 0.210 e. The van der Waals surface area contributed by atoms with Crippen molar-refractivity contribution in [1.82, 2.24) is 10.2 Å². The molecule has 0 aliphatic rings. The van der Waals surface area contributed by atoms with Crippen molar-refractivity contribution in [3.63, 3.8) is 0 Å². The highest BCUT2D eigenvalue weighted by Crippen LogP contribution is 1.88. The van der Waals surface area contributed by atoms with E-state index >= 15 is 0 Å². The third-order valence-corrected chi connectivity index (χ3v) is 2.93. The monoisotopic (exact) mass is 237 g/mol. The Morgan fingerprint density at radius 1 is 1.20 bits per heavy atom. The number of primary sulfonamides is 1. The standard InChI is InChI=1S/C9H23N3O2S/c1-3-7-12(4-2)8-5-11-6-9-15(10,13)14/h11H,3-9H2,1-2H3,(H2,10,13,14). The van der Waals surface area contributed by atoms with Crippen LogP contribution in [0.15, 0.2) is 0 Å². The lowest BCUT2D eigenvalue weighted by Gasteiger charge is -2.19. The van der Waals surface area contributed by atoms with Gasteiger partial charge in [-0.05, 0) is 19.5 Å². The predicted molar refractivity (Wildman–Crippen MR) is 63.2 cm³/mol. The summed E-state index contributed by atoms with van der Waals surface area (Å²) in [5.74, 6) is 0.00685. The average molecular weight is 237 g/mol. The fourth-order valence-electron chi connectivity index (χ4n) is 1.32. The van der Waals surface area contributed by atoms with Crippen molar-refractivity contribution in [2.24, 2.45) is 5.14 Å². The summed E-state index contributed by atoms with van der Waals surface area (Å²) < 4.78 is 21.2. The number of nitrogens with zero attached hydrogens (tertiary/aromatic N) is 1. The van der Waals surface area contributed by atoms with E-state index in [9.17, 15) is 8.42 Å². The van der Waals surface area contributed by atoms with Gasteiger partial charge in [0.1, 0.15) is 0 Å². The summed E-state index contributed by atoms with van der Waals surface area (Å²) in [4.78, 5) is 2.32. The number of nitrogens with one attached hydrogen (secondary N) is 1. The van der Waals surface area contributed by atoms with Crippen LogP contribution in [0.5, 0.6) is 0 Å². The molecule has 0 unspecified atom stereocenters. The van der Waals surface area contributed by atoms with E-state index in [-0.39, 0.29) is 5.75 Å². The maximum absolute atomic E-state index is 10.6. The Balaban J connectivity index is 3.44. The van der Waals surface area contributed by atoms with E-state index < -0.39 is 10.0 Å². The smallest absolute Gasteiger partial charge is 0.210 e. The van der Waals surface area contributed by atoms with Crippen LogP contribution in [0.3, 0.4) is 0 Å². The van der Waals surface area contributed by atoms with Crippen LogP contribution in [0.25, 0.3) is 0 Å². The third kappa shape index (κ3) is 10.1. The van der Waals surface area contributed by atoms with Crippen molar-refractivity contribution in [3.8, 4) is 0 Å². The summed E-state index contributed by atoms with van der Waals surface area (Å²) in [5.41, 5.74) is 0. The minimum absolute atomic E-state index is 0.00685. The molecule has 0 aromatic carbocycles. The van der Waals surface area contributed by atoms with Gasteiger partial charge in [-0.15, -0.1) is 0 Å². The molecule has 0 bridgehead atoms. The molecule has 6 heteroatoms. The fraction of sp³-hybridized carbons (Fsp3) is 1.00. The SMILES string of the molecule is CCCN(CC)CCNCCS(N)(=O)=O. The van der Waals surface area contributed by atoms with Crippen molar-refractivity contribution < 1.29 is 8.42 Å². The maximum atomic E-state index is 10.6. The molecule has 0 fully saturated rings. The minimum Gasteiger partial charge on any atom is -0.314 e. The molecule has 0 heterocycles. The predicted octanol–water partition coefficient (Wildman–Crippen LogP) is -0.404. The van der Waals surface area contributed by atoms with Gasteiger partial charge in [0.25, 0.3) is 0 Å². The first-order valence-electron chi connectivity index (χ1n) is 5.43. The first kappa shape index (κ1) is 14.8. The number of hydrogen-bond donors (Lipinski definition) is 2. The topological polar surface area (TPSA) is 75.4 Å². The Hall–Kier alpha value is -0.170. The first-order chi connectivity index (χ1) is 6.99. The van der Waals surface area contributed by atoms with Gasteiger partial charge in [-0.25, -0.2) is 13.6 Å². The number of sulfonamides is 1. The van der Waals surface area contributed by atoms with Crippen LogP contribution in [0.4, 0.5) is 0 Å². The van der Waals surface area contributed by atoms with Gasteiger partial charge in [0, 0.05) is 19.6 Å². The van der Waals surface area contributed by atoms with Crippen molar-refractivity contribution in [2.75, 3.05) is 38.5 Å². The highest BCUT2D eigenvalue weighted by Gasteiger charge is 2.02. The van der Waals surface area contributed by atoms with Gasteiger partial charge >= 0.3 is 0 Å². The van der Waals surface area contributed by atoms with E-state index in [1.807, 2.05) is 0 Å². The lowest BCUT2D eigenvalue weighted by molar-refractivity contribution is 0.289. The molecule has 0 saturated carbocycles. The number of hydrogen-bond acceptors (Lipinski definition) is 4. The van der Waals surface area contributed by atoms with Gasteiger partial charge in [-0.2, -0.15) is 0 Å². The minimum atomic E-state index is -3.32. The van der Waals surface area contributed by atoms with Crippen LogP contribution in [-0.2, 0) is 10.0 Å². The molecule has 0 radical (unpaired) electrons. The zero-order chi connectivity index (χ0) is 11.7. The van der Waals surface area contributed by atoms with E-state index in [1.165, 1.54) is 0 Å². The van der Waals surface area contributed by atoms with Crippen LogP contribution < -0.4 is 10.5 Å². The zero-order valence-corrected chi connectivity index (χ0v) is 10.5. The van der Waals surface area contributed by atoms with Gasteiger partial charge in [0.15, 0.2) is 0 Å². The van der Waals surface area contributed by atoms with E-state index in [0.29, 0.717) is 6.54 Å². The van der Waals surface area contributed by atoms with Crippen LogP contribution in [-0.4, -0.2) is 51.8 Å². The molecular weight excluding hydrogens is 214 g/mol. The van der Waals surface area contributed by atoms with Gasteiger partial charge in [0.05, 0.1) is 5.75 Å². The van der Waals surface area contributed by atoms with Crippen molar-refractivity contribution in [1.29, 1.82) is 0 Å². The summed E-state index contributed by atoms with van der Waals surface area (Å²) in [6.07, 6.45) is 1.14. The third-order valence-electron chi connectivity index (χ3n) is 2.16. The highest BCUT2D eigenvalue weighted by molar-refractivity contribution is 7.89. The molecule has 0 rings (SSSR count). The van der Waals surface area contributed by atoms with E-state index in [4.69, 9.17) is 5.14 Å². The second-order valence-electron chi connectivity index (χ2n) is 3.55. The van der Waals surface area contributed by atoms with E-state index in [1.54, 1.807) is 0 Å². The summed E-state index contributed by atoms with van der Waals surface area (Å²) in [6.45, 7) is 8.59. The Labute approximate surface area is 93.1 Å². The molecule has 3 N–H and O–H groups in total. The van der Waals surface area contributed by atoms with Gasteiger partial charge < -0.3 is 10.2 Å². The molecule has 0 amide bonds. The number of nitrogens with two attached hydrogens (primary N) is 1. The highest BCUT2D eigenvalue weighted by atomic mass is 32.2. The molecule has 15 heavy (non-hydrogen) atoms. The molecule has 0 aliphatic heterocycles. The first-order valence-corrected chi connectivity index (χ1v) is 7.14. The van der Waals surface area contributed by atoms with Crippen molar-refractivity contribution >= 4 is 10.0 Å². The van der Waals surface area contributed by atoms with Crippen molar-refractivity contribution in [2.45, 2.75) is 20.3 Å². The average Bonchev–Trinajstić information content (AvgIpc) is 2.14. The fourth-order valence-corrected chi connectivity index (χ4v) is 1.75. The largest absolute Gasteiger partial charge is 0.314 e. The molecule has 0 spiro atoms. The lowest BCUT2D eigenvalue weighted by atomic mass is 10.4. The van der Waals surface area contributed by atoms with Crippen LogP contribution in [0, 0.1) is 0 Å². The van der Waals surface area contributed by atoms with Crippen LogP contribution >= 0.6 is 0 Å². The molecule has 0 saturated heterocycles. The summed E-state index contributed by atoms with van der Waals surface area (Å²) in [6, 6.07) is 0. The Morgan fingerprint density at radius 3 is 2.33 bits per heavy atom. The zero-order valence-electron chi connectivity index (χ0n) is 9.70. The quantitative estimate of drug-likeness (QED) is 0.535. The molecule has 0 aliphatic carbocycles. The van der Waals surface area contributed by atoms with E-state index in [2.05, 4.69) is 24.1 Å². The summed E-state index contributed by atoms with van der Waals surface area (Å²) in [5, 5.41) is 7.94. The van der Waals surface area contributed by atoms with Gasteiger partial charge in [-0.1, -0.05) is 13.8 Å². The number of likely N-dealkylation sites (N-methyl/N-ethyl adjacent to an activating group) is 1. The van der Waals surface area contributed by atoms with Gasteiger partial charge in [-0.3, -0.25) is 0 Å². The molecule has 0 aromatic heterocycles. The second-order valence-corrected chi connectivity index (χ2v) is 5.29. The molecular formula is C9H23N3O2S. The normalized spacial score (nSPS) is 12.3. The Morgan fingerprint density at radius 2 is 1.87 bits per heavy atom. The molecule has 92 valence electrons. The van der Waals surface area contributed by atoms with Crippen molar-refractivity contribution in [3.05, 3.63) is 0 Å². The molecule has 0 aromatic rings. The summed E-state index contributed by atoms with van der Waals surface area (Å²) in [7, 11) is -3.32. The van der Waals surface area contributed by atoms with Gasteiger partial charge in [0.2, 0.25) is 10.0 Å².